The number of rotatable bonds is 7. The highest BCUT2D eigenvalue weighted by Crippen LogP contribution is 2.36. The molecule has 1 atom stereocenters. The summed E-state index contributed by atoms with van der Waals surface area (Å²) in [5, 5.41) is 11.4. The summed E-state index contributed by atoms with van der Waals surface area (Å²) in [4.78, 5) is 27.9. The lowest BCUT2D eigenvalue weighted by molar-refractivity contribution is -0.143. The molecule has 1 unspecified atom stereocenters. The summed E-state index contributed by atoms with van der Waals surface area (Å²) < 4.78 is 10.8. The molecule has 0 radical (unpaired) electrons. The van der Waals surface area contributed by atoms with Crippen LogP contribution in [0.4, 0.5) is 0 Å². The Labute approximate surface area is 169 Å². The number of aromatic nitrogens is 1. The van der Waals surface area contributed by atoms with Crippen LogP contribution in [0.3, 0.4) is 0 Å². The van der Waals surface area contributed by atoms with Gasteiger partial charge in [-0.05, 0) is 50.6 Å². The van der Waals surface area contributed by atoms with E-state index in [0.717, 1.165) is 0 Å². The van der Waals surface area contributed by atoms with Gasteiger partial charge in [-0.3, -0.25) is 9.59 Å². The van der Waals surface area contributed by atoms with Crippen molar-refractivity contribution >= 4 is 16.9 Å². The molecule has 152 valence electrons. The van der Waals surface area contributed by atoms with Crippen molar-refractivity contribution in [1.29, 1.82) is 0 Å². The highest BCUT2D eigenvalue weighted by atomic mass is 16.5. The van der Waals surface area contributed by atoms with Gasteiger partial charge >= 0.3 is 5.97 Å². The Morgan fingerprint density at radius 3 is 2.45 bits per heavy atom. The van der Waals surface area contributed by atoms with E-state index in [-0.39, 0.29) is 30.4 Å². The number of fused-ring (bicyclic) bond motifs is 1. The van der Waals surface area contributed by atoms with E-state index >= 15 is 0 Å². The number of aromatic hydroxyl groups is 1. The molecule has 1 aromatic heterocycles. The first-order valence-electron chi connectivity index (χ1n) is 9.66. The molecule has 0 fully saturated rings. The van der Waals surface area contributed by atoms with Crippen LogP contribution < -0.4 is 10.3 Å². The van der Waals surface area contributed by atoms with E-state index in [1.165, 1.54) is 0 Å². The van der Waals surface area contributed by atoms with Crippen molar-refractivity contribution in [3.63, 3.8) is 0 Å². The molecule has 0 aliphatic carbocycles. The maximum atomic E-state index is 12.8. The second-order valence-electron chi connectivity index (χ2n) is 7.06. The zero-order valence-corrected chi connectivity index (χ0v) is 16.8. The number of aromatic amines is 1. The number of hydrogen-bond acceptors (Lipinski definition) is 5. The fraction of sp³-hybridized carbons (Fsp3) is 0.304. The van der Waals surface area contributed by atoms with Crippen LogP contribution in [0.1, 0.15) is 44.2 Å². The highest BCUT2D eigenvalue weighted by molar-refractivity contribution is 5.86. The number of nitrogens with one attached hydrogen (secondary N) is 1. The lowest BCUT2D eigenvalue weighted by atomic mass is 9.87. The van der Waals surface area contributed by atoms with Crippen LogP contribution in [-0.4, -0.2) is 28.8 Å². The molecule has 0 saturated heterocycles. The quantitative estimate of drug-likeness (QED) is 0.588. The molecule has 0 amide bonds. The van der Waals surface area contributed by atoms with E-state index in [4.69, 9.17) is 9.47 Å². The van der Waals surface area contributed by atoms with E-state index in [1.807, 2.05) is 13.8 Å². The van der Waals surface area contributed by atoms with Gasteiger partial charge in [0.25, 0.3) is 5.56 Å². The molecular formula is C23H25NO5. The number of esters is 1. The van der Waals surface area contributed by atoms with Gasteiger partial charge in [0.05, 0.1) is 30.2 Å². The van der Waals surface area contributed by atoms with Gasteiger partial charge in [-0.25, -0.2) is 0 Å². The summed E-state index contributed by atoms with van der Waals surface area (Å²) >= 11 is 0. The van der Waals surface area contributed by atoms with Crippen molar-refractivity contribution in [2.75, 3.05) is 6.61 Å². The van der Waals surface area contributed by atoms with Crippen LogP contribution >= 0.6 is 0 Å². The molecule has 0 saturated carbocycles. The zero-order valence-electron chi connectivity index (χ0n) is 16.8. The topological polar surface area (TPSA) is 88.6 Å². The Kier molecular flexibility index (Phi) is 6.22. The summed E-state index contributed by atoms with van der Waals surface area (Å²) in [6.45, 7) is 5.84. The number of pyridine rings is 1. The standard InChI is InChI=1S/C23H25NO5/c1-4-28-20(25)13-18(15-9-11-16(12-10-15)29-14(2)3)21-22(26)17-7-5-6-8-19(17)24-23(21)27/h5-12,14,18H,4,13H2,1-3H3,(H2,24,26,27). The summed E-state index contributed by atoms with van der Waals surface area (Å²) in [5.74, 6) is -0.529. The Bertz CT molecular complexity index is 1050. The van der Waals surface area contributed by atoms with Crippen molar-refractivity contribution in [2.24, 2.45) is 0 Å². The lowest BCUT2D eigenvalue weighted by Gasteiger charge is -2.19. The van der Waals surface area contributed by atoms with Crippen LogP contribution in [0.15, 0.2) is 53.3 Å². The fourth-order valence-corrected chi connectivity index (χ4v) is 3.39. The Balaban J connectivity index is 2.10. The van der Waals surface area contributed by atoms with Gasteiger partial charge < -0.3 is 19.6 Å². The molecule has 0 bridgehead atoms. The largest absolute Gasteiger partial charge is 0.507 e. The molecular weight excluding hydrogens is 370 g/mol. The molecule has 3 rings (SSSR count). The molecule has 2 N–H and O–H groups in total. The lowest BCUT2D eigenvalue weighted by Crippen LogP contribution is -2.21. The molecule has 0 aliphatic heterocycles. The predicted molar refractivity (Wildman–Crippen MR) is 112 cm³/mol. The fourth-order valence-electron chi connectivity index (χ4n) is 3.39. The molecule has 6 nitrogen and oxygen atoms in total. The summed E-state index contributed by atoms with van der Waals surface area (Å²) in [7, 11) is 0. The van der Waals surface area contributed by atoms with Gasteiger partial charge in [-0.15, -0.1) is 0 Å². The van der Waals surface area contributed by atoms with Crippen molar-refractivity contribution < 1.29 is 19.4 Å². The Morgan fingerprint density at radius 1 is 1.10 bits per heavy atom. The average Bonchev–Trinajstić information content (AvgIpc) is 2.67. The van der Waals surface area contributed by atoms with Crippen LogP contribution in [0.5, 0.6) is 11.5 Å². The van der Waals surface area contributed by atoms with Crippen molar-refractivity contribution in [1.82, 2.24) is 4.98 Å². The van der Waals surface area contributed by atoms with Crippen molar-refractivity contribution in [3.05, 3.63) is 70.0 Å². The van der Waals surface area contributed by atoms with Crippen LogP contribution in [0, 0.1) is 0 Å². The monoisotopic (exact) mass is 395 g/mol. The van der Waals surface area contributed by atoms with Crippen molar-refractivity contribution in [2.45, 2.75) is 39.2 Å². The maximum absolute atomic E-state index is 12.8. The first kappa shape index (κ1) is 20.5. The Morgan fingerprint density at radius 2 is 1.79 bits per heavy atom. The number of carbonyl (C=O) groups excluding carboxylic acids is 1. The average molecular weight is 395 g/mol. The molecule has 1 heterocycles. The molecule has 0 aliphatic rings. The van der Waals surface area contributed by atoms with Gasteiger partial charge in [-0.2, -0.15) is 0 Å². The van der Waals surface area contributed by atoms with Crippen LogP contribution in [-0.2, 0) is 9.53 Å². The van der Waals surface area contributed by atoms with Crippen LogP contribution in [0.25, 0.3) is 10.9 Å². The predicted octanol–water partition coefficient (Wildman–Crippen LogP) is 4.11. The van der Waals surface area contributed by atoms with E-state index in [2.05, 4.69) is 4.98 Å². The van der Waals surface area contributed by atoms with Gasteiger partial charge in [-0.1, -0.05) is 24.3 Å². The van der Waals surface area contributed by atoms with E-state index in [0.29, 0.717) is 22.2 Å². The van der Waals surface area contributed by atoms with Crippen LogP contribution in [0.2, 0.25) is 0 Å². The molecule has 3 aromatic rings. The molecule has 29 heavy (non-hydrogen) atoms. The smallest absolute Gasteiger partial charge is 0.306 e. The number of H-pyrrole nitrogens is 1. The van der Waals surface area contributed by atoms with E-state index in [9.17, 15) is 14.7 Å². The van der Waals surface area contributed by atoms with Crippen molar-refractivity contribution in [3.8, 4) is 11.5 Å². The minimum Gasteiger partial charge on any atom is -0.507 e. The third-order valence-electron chi connectivity index (χ3n) is 4.61. The number of ether oxygens (including phenoxy) is 2. The second-order valence-corrected chi connectivity index (χ2v) is 7.06. The minimum absolute atomic E-state index is 0.0311. The third kappa shape index (κ3) is 4.59. The van der Waals surface area contributed by atoms with Gasteiger partial charge in [0.1, 0.15) is 11.5 Å². The van der Waals surface area contributed by atoms with Gasteiger partial charge in [0.2, 0.25) is 0 Å². The summed E-state index contributed by atoms with van der Waals surface area (Å²) in [6, 6.07) is 14.2. The number of carbonyl (C=O) groups is 1. The Hall–Kier alpha value is -3.28. The number of benzene rings is 2. The first-order valence-corrected chi connectivity index (χ1v) is 9.66. The van der Waals surface area contributed by atoms with Gasteiger partial charge in [0, 0.05) is 11.3 Å². The van der Waals surface area contributed by atoms with E-state index < -0.39 is 17.4 Å². The molecule has 0 spiro atoms. The van der Waals surface area contributed by atoms with Gasteiger partial charge in [0.15, 0.2) is 0 Å². The summed E-state index contributed by atoms with van der Waals surface area (Å²) in [6.07, 6.45) is -0.0312. The first-order chi connectivity index (χ1) is 13.9. The normalized spacial score (nSPS) is 12.1. The molecule has 6 heteroatoms. The third-order valence-corrected chi connectivity index (χ3v) is 4.61. The SMILES string of the molecule is CCOC(=O)CC(c1ccc(OC(C)C)cc1)c1c(O)c2ccccc2[nH]c1=O. The van der Waals surface area contributed by atoms with E-state index in [1.54, 1.807) is 55.5 Å². The second kappa shape index (κ2) is 8.82. The maximum Gasteiger partial charge on any atom is 0.306 e. The summed E-state index contributed by atoms with van der Waals surface area (Å²) in [5.41, 5.74) is 0.965. The highest BCUT2D eigenvalue weighted by Gasteiger charge is 2.26. The molecule has 2 aromatic carbocycles. The number of para-hydroxylation sites is 1. The minimum atomic E-state index is -0.657. The zero-order chi connectivity index (χ0) is 21.0. The number of hydrogen-bond donors (Lipinski definition) is 2.